The molecule has 3 rings (SSSR count). The summed E-state index contributed by atoms with van der Waals surface area (Å²) in [5.41, 5.74) is 2.56. The number of rotatable bonds is 3. The molecule has 0 N–H and O–H groups in total. The second-order valence-corrected chi connectivity index (χ2v) is 6.14. The molecule has 2 aromatic carbocycles. The minimum absolute atomic E-state index is 0.452. The van der Waals surface area contributed by atoms with Gasteiger partial charge in [-0.15, -0.1) is 0 Å². The molecule has 3 aromatic rings. The molecule has 110 valence electrons. The van der Waals surface area contributed by atoms with Crippen LogP contribution in [0, 0.1) is 0 Å². The van der Waals surface area contributed by atoms with E-state index in [2.05, 4.69) is 21.0 Å². The smallest absolute Gasteiger partial charge is 0.155 e. The van der Waals surface area contributed by atoms with Gasteiger partial charge in [-0.2, -0.15) is 5.10 Å². The van der Waals surface area contributed by atoms with Crippen molar-refractivity contribution in [1.82, 2.24) is 9.78 Å². The quantitative estimate of drug-likeness (QED) is 0.555. The van der Waals surface area contributed by atoms with Crippen molar-refractivity contribution in [1.29, 1.82) is 0 Å². The molecule has 0 radical (unpaired) electrons. The van der Waals surface area contributed by atoms with Gasteiger partial charge in [-0.25, -0.2) is 4.68 Å². The van der Waals surface area contributed by atoms with Crippen LogP contribution in [-0.4, -0.2) is 16.1 Å². The maximum absolute atomic E-state index is 11.5. The molecule has 0 saturated heterocycles. The van der Waals surface area contributed by atoms with Crippen LogP contribution in [-0.2, 0) is 0 Å². The van der Waals surface area contributed by atoms with Gasteiger partial charge in [0.25, 0.3) is 0 Å². The zero-order valence-electron chi connectivity index (χ0n) is 11.1. The SMILES string of the molecule is O=Cc1c(-c2ccccc2)nn(-c2ccc(Cl)cc2Cl)c1Br. The third kappa shape index (κ3) is 2.70. The Morgan fingerprint density at radius 1 is 1.09 bits per heavy atom. The van der Waals surface area contributed by atoms with Gasteiger partial charge in [-0.1, -0.05) is 53.5 Å². The summed E-state index contributed by atoms with van der Waals surface area (Å²) in [6.07, 6.45) is 0.778. The van der Waals surface area contributed by atoms with Crippen molar-refractivity contribution in [2.24, 2.45) is 0 Å². The van der Waals surface area contributed by atoms with E-state index in [-0.39, 0.29) is 0 Å². The van der Waals surface area contributed by atoms with E-state index in [1.807, 2.05) is 30.3 Å². The number of nitrogens with zero attached hydrogens (tertiary/aromatic N) is 2. The molecule has 6 heteroatoms. The molecule has 0 bridgehead atoms. The molecule has 0 aliphatic carbocycles. The highest BCUT2D eigenvalue weighted by atomic mass is 79.9. The first-order valence-corrected chi connectivity index (χ1v) is 7.91. The predicted octanol–water partition coefficient (Wildman–Crippen LogP) is 5.42. The highest BCUT2D eigenvalue weighted by Crippen LogP contribution is 2.32. The van der Waals surface area contributed by atoms with Crippen molar-refractivity contribution in [2.45, 2.75) is 0 Å². The molecule has 0 fully saturated rings. The highest BCUT2D eigenvalue weighted by molar-refractivity contribution is 9.10. The minimum atomic E-state index is 0.452. The number of aromatic nitrogens is 2. The van der Waals surface area contributed by atoms with Gasteiger partial charge in [-0.3, -0.25) is 4.79 Å². The molecular weight excluding hydrogens is 387 g/mol. The molecule has 0 aliphatic heterocycles. The van der Waals surface area contributed by atoms with Crippen LogP contribution < -0.4 is 0 Å². The lowest BCUT2D eigenvalue weighted by atomic mass is 10.1. The first-order valence-electron chi connectivity index (χ1n) is 6.36. The van der Waals surface area contributed by atoms with Crippen LogP contribution in [0.25, 0.3) is 16.9 Å². The van der Waals surface area contributed by atoms with Gasteiger partial charge >= 0.3 is 0 Å². The maximum Gasteiger partial charge on any atom is 0.155 e. The molecule has 0 amide bonds. The molecule has 1 heterocycles. The van der Waals surface area contributed by atoms with Crippen molar-refractivity contribution in [3.05, 3.63) is 68.7 Å². The van der Waals surface area contributed by atoms with E-state index in [4.69, 9.17) is 23.2 Å². The van der Waals surface area contributed by atoms with E-state index in [1.165, 1.54) is 0 Å². The molecule has 0 saturated carbocycles. The Morgan fingerprint density at radius 3 is 2.45 bits per heavy atom. The summed E-state index contributed by atoms with van der Waals surface area (Å²) in [4.78, 5) is 11.5. The van der Waals surface area contributed by atoms with Crippen molar-refractivity contribution in [2.75, 3.05) is 0 Å². The van der Waals surface area contributed by atoms with Crippen LogP contribution in [0.3, 0.4) is 0 Å². The van der Waals surface area contributed by atoms with Gasteiger partial charge in [0.2, 0.25) is 0 Å². The van der Waals surface area contributed by atoms with E-state index in [0.29, 0.717) is 31.6 Å². The Kier molecular flexibility index (Phi) is 4.34. The van der Waals surface area contributed by atoms with Crippen LogP contribution in [0.4, 0.5) is 0 Å². The first kappa shape index (κ1) is 15.3. The third-order valence-electron chi connectivity index (χ3n) is 3.17. The fourth-order valence-corrected chi connectivity index (χ4v) is 3.18. The third-order valence-corrected chi connectivity index (χ3v) is 4.47. The zero-order valence-corrected chi connectivity index (χ0v) is 14.2. The number of halogens is 3. The summed E-state index contributed by atoms with van der Waals surface area (Å²) in [5.74, 6) is 0. The summed E-state index contributed by atoms with van der Waals surface area (Å²) in [6, 6.07) is 14.6. The topological polar surface area (TPSA) is 34.9 Å². The number of carbonyl (C=O) groups excluding carboxylic acids is 1. The average molecular weight is 396 g/mol. The summed E-state index contributed by atoms with van der Waals surface area (Å²) in [7, 11) is 0. The molecule has 0 atom stereocenters. The number of aldehydes is 1. The zero-order chi connectivity index (χ0) is 15.7. The van der Waals surface area contributed by atoms with Crippen LogP contribution in [0.1, 0.15) is 10.4 Å². The van der Waals surface area contributed by atoms with Crippen LogP contribution in [0.15, 0.2) is 53.1 Å². The number of hydrogen-bond donors (Lipinski definition) is 0. The minimum Gasteiger partial charge on any atom is -0.298 e. The fourth-order valence-electron chi connectivity index (χ4n) is 2.14. The Bertz CT molecular complexity index is 847. The van der Waals surface area contributed by atoms with Gasteiger partial charge in [0, 0.05) is 10.6 Å². The van der Waals surface area contributed by atoms with E-state index in [1.54, 1.807) is 22.9 Å². The summed E-state index contributed by atoms with van der Waals surface area (Å²) in [6.45, 7) is 0. The molecule has 0 spiro atoms. The van der Waals surface area contributed by atoms with Crippen molar-refractivity contribution in [3.63, 3.8) is 0 Å². The molecule has 0 unspecified atom stereocenters. The molecule has 0 aliphatic rings. The Balaban J connectivity index is 2.22. The number of hydrogen-bond acceptors (Lipinski definition) is 2. The van der Waals surface area contributed by atoms with E-state index >= 15 is 0 Å². The van der Waals surface area contributed by atoms with E-state index in [0.717, 1.165) is 11.8 Å². The highest BCUT2D eigenvalue weighted by Gasteiger charge is 2.19. The largest absolute Gasteiger partial charge is 0.298 e. The monoisotopic (exact) mass is 394 g/mol. The molecule has 3 nitrogen and oxygen atoms in total. The van der Waals surface area contributed by atoms with E-state index < -0.39 is 0 Å². The lowest BCUT2D eigenvalue weighted by Gasteiger charge is -2.06. The van der Waals surface area contributed by atoms with Crippen molar-refractivity contribution >= 4 is 45.4 Å². The lowest BCUT2D eigenvalue weighted by molar-refractivity contribution is 0.112. The molecule has 1 aromatic heterocycles. The van der Waals surface area contributed by atoms with Gasteiger partial charge in [0.1, 0.15) is 10.3 Å². The second kappa shape index (κ2) is 6.24. The number of carbonyl (C=O) groups is 1. The lowest BCUT2D eigenvalue weighted by Crippen LogP contribution is -1.98. The van der Waals surface area contributed by atoms with Crippen molar-refractivity contribution in [3.8, 4) is 16.9 Å². The van der Waals surface area contributed by atoms with Gasteiger partial charge in [-0.05, 0) is 34.1 Å². The molecule has 22 heavy (non-hydrogen) atoms. The van der Waals surface area contributed by atoms with Gasteiger partial charge in [0.05, 0.1) is 16.3 Å². The van der Waals surface area contributed by atoms with Gasteiger partial charge in [0.15, 0.2) is 6.29 Å². The summed E-state index contributed by atoms with van der Waals surface area (Å²) < 4.78 is 2.13. The fraction of sp³-hybridized carbons (Fsp3) is 0. The Labute approximate surface area is 145 Å². The second-order valence-electron chi connectivity index (χ2n) is 4.54. The Hall–Kier alpha value is -1.62. The van der Waals surface area contributed by atoms with E-state index in [9.17, 15) is 4.79 Å². The maximum atomic E-state index is 11.5. The molecular formula is C16H9BrCl2N2O. The van der Waals surface area contributed by atoms with Crippen LogP contribution >= 0.6 is 39.1 Å². The number of benzene rings is 2. The normalized spacial score (nSPS) is 10.7. The average Bonchev–Trinajstić information content (AvgIpc) is 2.85. The first-order chi connectivity index (χ1) is 10.6. The van der Waals surface area contributed by atoms with Gasteiger partial charge < -0.3 is 0 Å². The van der Waals surface area contributed by atoms with Crippen molar-refractivity contribution < 1.29 is 4.79 Å². The Morgan fingerprint density at radius 2 is 1.82 bits per heavy atom. The van der Waals surface area contributed by atoms with Crippen LogP contribution in [0.5, 0.6) is 0 Å². The van der Waals surface area contributed by atoms with Crippen LogP contribution in [0.2, 0.25) is 10.0 Å². The predicted molar refractivity (Wildman–Crippen MR) is 92.1 cm³/mol. The summed E-state index contributed by atoms with van der Waals surface area (Å²) >= 11 is 15.6. The standard InChI is InChI=1S/C16H9BrCl2N2O/c17-16-12(9-22)15(10-4-2-1-3-5-10)20-21(16)14-7-6-11(18)8-13(14)19/h1-9H. The summed E-state index contributed by atoms with van der Waals surface area (Å²) in [5, 5.41) is 5.51.